The number of hydrogen-bond acceptors (Lipinski definition) is 0. The number of rotatable bonds is 2. The molecule has 0 unspecified atom stereocenters. The SMILES string of the molecule is Cc1ccccc1-c1cccc(-c2n(C)cc[n+]2C)c1C. The maximum Gasteiger partial charge on any atom is 0.288 e. The topological polar surface area (TPSA) is 8.81 Å². The fourth-order valence-corrected chi connectivity index (χ4v) is 3.01. The van der Waals surface area contributed by atoms with E-state index in [-0.39, 0.29) is 0 Å². The Morgan fingerprint density at radius 1 is 0.857 bits per heavy atom. The van der Waals surface area contributed by atoms with Crippen molar-refractivity contribution in [2.75, 3.05) is 0 Å². The van der Waals surface area contributed by atoms with E-state index < -0.39 is 0 Å². The van der Waals surface area contributed by atoms with Crippen LogP contribution >= 0.6 is 0 Å². The molecule has 0 N–H and O–H groups in total. The van der Waals surface area contributed by atoms with E-state index in [1.165, 1.54) is 33.6 Å². The Bertz CT molecular complexity index is 778. The molecule has 3 rings (SSSR count). The lowest BCUT2D eigenvalue weighted by molar-refractivity contribution is -0.659. The Labute approximate surface area is 126 Å². The maximum atomic E-state index is 2.21. The van der Waals surface area contributed by atoms with Gasteiger partial charge in [0.2, 0.25) is 0 Å². The third-order valence-corrected chi connectivity index (χ3v) is 4.19. The van der Waals surface area contributed by atoms with Crippen LogP contribution in [0, 0.1) is 13.8 Å². The molecule has 0 aliphatic heterocycles. The highest BCUT2D eigenvalue weighted by molar-refractivity contribution is 5.76. The Balaban J connectivity index is 2.24. The molecule has 106 valence electrons. The van der Waals surface area contributed by atoms with Crippen LogP contribution in [-0.4, -0.2) is 4.57 Å². The summed E-state index contributed by atoms with van der Waals surface area (Å²) in [6.45, 7) is 4.38. The summed E-state index contributed by atoms with van der Waals surface area (Å²) in [6.07, 6.45) is 4.18. The van der Waals surface area contributed by atoms with E-state index in [1.54, 1.807) is 0 Å². The summed E-state index contributed by atoms with van der Waals surface area (Å²) >= 11 is 0. The van der Waals surface area contributed by atoms with Gasteiger partial charge in [0.05, 0.1) is 19.7 Å². The van der Waals surface area contributed by atoms with Gasteiger partial charge in [0, 0.05) is 0 Å². The molecule has 2 heteroatoms. The van der Waals surface area contributed by atoms with Gasteiger partial charge in [-0.05, 0) is 42.2 Å². The van der Waals surface area contributed by atoms with Gasteiger partial charge in [0.1, 0.15) is 12.4 Å². The smallest absolute Gasteiger partial charge is 0.233 e. The molecule has 0 saturated heterocycles. The maximum absolute atomic E-state index is 2.21. The number of hydrogen-bond donors (Lipinski definition) is 0. The molecule has 0 spiro atoms. The number of benzene rings is 2. The van der Waals surface area contributed by atoms with Gasteiger partial charge in [0.15, 0.2) is 0 Å². The quantitative estimate of drug-likeness (QED) is 0.630. The third kappa shape index (κ3) is 2.27. The number of imidazole rings is 1. The van der Waals surface area contributed by atoms with Crippen LogP contribution in [0.1, 0.15) is 11.1 Å². The zero-order valence-electron chi connectivity index (χ0n) is 13.1. The number of nitrogens with zero attached hydrogens (tertiary/aromatic N) is 2. The Kier molecular flexibility index (Phi) is 3.38. The number of aromatic nitrogens is 2. The van der Waals surface area contributed by atoms with Crippen molar-refractivity contribution in [3.05, 3.63) is 66.0 Å². The molecular formula is C19H21N2+. The first-order valence-electron chi connectivity index (χ1n) is 7.26. The molecule has 0 atom stereocenters. The predicted octanol–water partition coefficient (Wildman–Crippen LogP) is 3.80. The van der Waals surface area contributed by atoms with Crippen LogP contribution < -0.4 is 4.57 Å². The molecule has 0 aliphatic rings. The van der Waals surface area contributed by atoms with Gasteiger partial charge in [-0.15, -0.1) is 0 Å². The minimum Gasteiger partial charge on any atom is -0.233 e. The molecule has 3 aromatic rings. The summed E-state index contributed by atoms with van der Waals surface area (Å²) in [5.74, 6) is 1.22. The molecule has 1 aromatic heterocycles. The fourth-order valence-electron chi connectivity index (χ4n) is 3.01. The second-order valence-electron chi connectivity index (χ2n) is 5.64. The zero-order valence-corrected chi connectivity index (χ0v) is 13.1. The van der Waals surface area contributed by atoms with Crippen molar-refractivity contribution in [1.82, 2.24) is 4.57 Å². The van der Waals surface area contributed by atoms with Crippen LogP contribution in [0.4, 0.5) is 0 Å². The molecule has 0 radical (unpaired) electrons. The van der Waals surface area contributed by atoms with Gasteiger partial charge < -0.3 is 0 Å². The summed E-state index contributed by atoms with van der Waals surface area (Å²) in [5.41, 5.74) is 6.55. The summed E-state index contributed by atoms with van der Waals surface area (Å²) in [4.78, 5) is 0. The van der Waals surface area contributed by atoms with Crippen molar-refractivity contribution in [3.63, 3.8) is 0 Å². The van der Waals surface area contributed by atoms with Crippen LogP contribution in [0.5, 0.6) is 0 Å². The normalized spacial score (nSPS) is 10.9. The molecule has 2 aromatic carbocycles. The van der Waals surface area contributed by atoms with Crippen LogP contribution in [0.2, 0.25) is 0 Å². The van der Waals surface area contributed by atoms with E-state index in [2.05, 4.69) is 91.9 Å². The lowest BCUT2D eigenvalue weighted by Crippen LogP contribution is -2.29. The minimum absolute atomic E-state index is 1.22. The Morgan fingerprint density at radius 2 is 1.52 bits per heavy atom. The molecule has 0 fully saturated rings. The standard InChI is InChI=1S/C19H21N2/c1-14-8-5-6-9-16(14)17-10-7-11-18(15(17)2)19-20(3)12-13-21(19)4/h5-13H,1-4H3/q+1. The molecule has 0 bridgehead atoms. The largest absolute Gasteiger partial charge is 0.288 e. The first-order chi connectivity index (χ1) is 10.1. The van der Waals surface area contributed by atoms with E-state index >= 15 is 0 Å². The van der Waals surface area contributed by atoms with E-state index in [4.69, 9.17) is 0 Å². The molecule has 0 saturated carbocycles. The van der Waals surface area contributed by atoms with Crippen LogP contribution in [-0.2, 0) is 14.1 Å². The molecular weight excluding hydrogens is 256 g/mol. The Morgan fingerprint density at radius 3 is 2.19 bits per heavy atom. The third-order valence-electron chi connectivity index (χ3n) is 4.19. The fraction of sp³-hybridized carbons (Fsp3) is 0.211. The van der Waals surface area contributed by atoms with Gasteiger partial charge >= 0.3 is 0 Å². The van der Waals surface area contributed by atoms with Crippen molar-refractivity contribution in [1.29, 1.82) is 0 Å². The average molecular weight is 277 g/mol. The van der Waals surface area contributed by atoms with Crippen molar-refractivity contribution in [3.8, 4) is 22.5 Å². The summed E-state index contributed by atoms with van der Waals surface area (Å²) in [5, 5.41) is 0. The average Bonchev–Trinajstić information content (AvgIpc) is 2.80. The van der Waals surface area contributed by atoms with E-state index in [1.807, 2.05) is 0 Å². The molecule has 21 heavy (non-hydrogen) atoms. The van der Waals surface area contributed by atoms with E-state index in [0.29, 0.717) is 0 Å². The van der Waals surface area contributed by atoms with Gasteiger partial charge in [0.25, 0.3) is 5.82 Å². The van der Waals surface area contributed by atoms with Crippen LogP contribution in [0.15, 0.2) is 54.9 Å². The first kappa shape index (κ1) is 13.6. The van der Waals surface area contributed by atoms with Gasteiger partial charge in [-0.3, -0.25) is 0 Å². The second-order valence-corrected chi connectivity index (χ2v) is 5.64. The highest BCUT2D eigenvalue weighted by Crippen LogP contribution is 2.31. The van der Waals surface area contributed by atoms with Gasteiger partial charge in [-0.2, -0.15) is 0 Å². The number of aryl methyl sites for hydroxylation is 3. The summed E-state index contributed by atoms with van der Waals surface area (Å²) in [6, 6.07) is 15.1. The van der Waals surface area contributed by atoms with Crippen molar-refractivity contribution < 1.29 is 4.57 Å². The van der Waals surface area contributed by atoms with Gasteiger partial charge in [-0.1, -0.05) is 36.4 Å². The predicted molar refractivity (Wildman–Crippen MR) is 86.9 cm³/mol. The Hall–Kier alpha value is -2.35. The second kappa shape index (κ2) is 5.21. The molecule has 2 nitrogen and oxygen atoms in total. The van der Waals surface area contributed by atoms with Crippen LogP contribution in [0.3, 0.4) is 0 Å². The summed E-state index contributed by atoms with van der Waals surface area (Å²) < 4.78 is 4.34. The highest BCUT2D eigenvalue weighted by Gasteiger charge is 2.18. The molecule has 1 heterocycles. The monoisotopic (exact) mass is 277 g/mol. The van der Waals surface area contributed by atoms with Crippen molar-refractivity contribution >= 4 is 0 Å². The van der Waals surface area contributed by atoms with Crippen molar-refractivity contribution in [2.45, 2.75) is 13.8 Å². The first-order valence-corrected chi connectivity index (χ1v) is 7.26. The summed E-state index contributed by atoms with van der Waals surface area (Å²) in [7, 11) is 4.18. The van der Waals surface area contributed by atoms with E-state index in [9.17, 15) is 0 Å². The van der Waals surface area contributed by atoms with Crippen LogP contribution in [0.25, 0.3) is 22.5 Å². The minimum atomic E-state index is 1.22. The molecule has 0 aliphatic carbocycles. The lowest BCUT2D eigenvalue weighted by atomic mass is 9.93. The highest BCUT2D eigenvalue weighted by atomic mass is 15.1. The van der Waals surface area contributed by atoms with E-state index in [0.717, 1.165) is 0 Å². The molecule has 0 amide bonds. The van der Waals surface area contributed by atoms with Crippen molar-refractivity contribution in [2.24, 2.45) is 14.1 Å². The lowest BCUT2D eigenvalue weighted by Gasteiger charge is -2.12. The zero-order chi connectivity index (χ0) is 15.0. The van der Waals surface area contributed by atoms with Gasteiger partial charge in [-0.25, -0.2) is 9.13 Å².